The molecule has 0 aromatic heterocycles. The van der Waals surface area contributed by atoms with Crippen molar-refractivity contribution in [1.82, 2.24) is 10.6 Å². The molecule has 2 heterocycles. The number of nitro benzene ring substituents is 1. The lowest BCUT2D eigenvalue weighted by Gasteiger charge is -2.15. The molecule has 0 bridgehead atoms. The molecular formula is C17H23N3O5. The van der Waals surface area contributed by atoms with Gasteiger partial charge >= 0.3 is 5.97 Å². The lowest BCUT2D eigenvalue weighted by molar-refractivity contribution is -0.384. The van der Waals surface area contributed by atoms with E-state index in [2.05, 4.69) is 10.6 Å². The van der Waals surface area contributed by atoms with Crippen LogP contribution in [0.25, 0.3) is 0 Å². The van der Waals surface area contributed by atoms with Gasteiger partial charge in [0.1, 0.15) is 12.6 Å². The molecule has 0 spiro atoms. The van der Waals surface area contributed by atoms with Gasteiger partial charge in [-0.15, -0.1) is 0 Å². The van der Waals surface area contributed by atoms with Crippen LogP contribution in [0.2, 0.25) is 0 Å². The van der Waals surface area contributed by atoms with Crippen molar-refractivity contribution in [3.8, 4) is 0 Å². The number of hydrogen-bond acceptors (Lipinski definition) is 7. The van der Waals surface area contributed by atoms with Crippen molar-refractivity contribution in [3.05, 3.63) is 39.9 Å². The smallest absolute Gasteiger partial charge is 0.323 e. The number of benzene rings is 1. The van der Waals surface area contributed by atoms with Crippen molar-refractivity contribution >= 4 is 11.7 Å². The van der Waals surface area contributed by atoms with Crippen LogP contribution in [0.3, 0.4) is 0 Å². The largest absolute Gasteiger partial charge is 0.460 e. The molecule has 0 saturated carbocycles. The molecule has 136 valence electrons. The quantitative estimate of drug-likeness (QED) is 0.394. The zero-order valence-corrected chi connectivity index (χ0v) is 13.9. The summed E-state index contributed by atoms with van der Waals surface area (Å²) in [5.41, 5.74) is 0.735. The molecule has 0 radical (unpaired) electrons. The highest BCUT2D eigenvalue weighted by atomic mass is 16.6. The Bertz CT molecular complexity index is 621. The number of β-amino-alcohol motifs (C(OH)–C–C–N with tert-alkyl or cyclic N) is 1. The van der Waals surface area contributed by atoms with Gasteiger partial charge in [0.25, 0.3) is 5.69 Å². The van der Waals surface area contributed by atoms with Crippen LogP contribution in [-0.2, 0) is 16.1 Å². The predicted octanol–water partition coefficient (Wildman–Crippen LogP) is 0.729. The summed E-state index contributed by atoms with van der Waals surface area (Å²) in [4.78, 5) is 22.3. The third-order valence-corrected chi connectivity index (χ3v) is 4.85. The number of rotatable bonds is 6. The molecule has 2 fully saturated rings. The van der Waals surface area contributed by atoms with E-state index in [1.165, 1.54) is 12.1 Å². The average molecular weight is 349 g/mol. The van der Waals surface area contributed by atoms with Crippen LogP contribution >= 0.6 is 0 Å². The Labute approximate surface area is 145 Å². The van der Waals surface area contributed by atoms with Crippen LogP contribution in [0, 0.1) is 16.0 Å². The molecule has 25 heavy (non-hydrogen) atoms. The molecule has 2 aliphatic heterocycles. The Morgan fingerprint density at radius 3 is 2.64 bits per heavy atom. The van der Waals surface area contributed by atoms with E-state index in [-0.39, 0.29) is 30.4 Å². The number of nitrogens with zero attached hydrogens (tertiary/aromatic N) is 1. The van der Waals surface area contributed by atoms with Gasteiger partial charge < -0.3 is 20.5 Å². The number of carbonyl (C=O) groups is 1. The van der Waals surface area contributed by atoms with Gasteiger partial charge in [-0.2, -0.15) is 0 Å². The molecule has 2 saturated heterocycles. The van der Waals surface area contributed by atoms with Crippen LogP contribution in [0.4, 0.5) is 5.69 Å². The zero-order valence-electron chi connectivity index (χ0n) is 13.9. The van der Waals surface area contributed by atoms with Gasteiger partial charge in [-0.1, -0.05) is 0 Å². The minimum absolute atomic E-state index is 0.0148. The monoisotopic (exact) mass is 349 g/mol. The Hall–Kier alpha value is -2.03. The van der Waals surface area contributed by atoms with Crippen LogP contribution in [-0.4, -0.2) is 47.3 Å². The van der Waals surface area contributed by atoms with E-state index >= 15 is 0 Å². The van der Waals surface area contributed by atoms with Crippen molar-refractivity contribution in [3.63, 3.8) is 0 Å². The molecule has 8 nitrogen and oxygen atoms in total. The fourth-order valence-corrected chi connectivity index (χ4v) is 3.52. The fraction of sp³-hybridized carbons (Fsp3) is 0.588. The predicted molar refractivity (Wildman–Crippen MR) is 89.8 cm³/mol. The number of nitro groups is 1. The van der Waals surface area contributed by atoms with E-state index in [0.717, 1.165) is 31.4 Å². The Morgan fingerprint density at radius 1 is 1.24 bits per heavy atom. The van der Waals surface area contributed by atoms with Crippen molar-refractivity contribution in [1.29, 1.82) is 0 Å². The first-order valence-corrected chi connectivity index (χ1v) is 8.56. The number of esters is 1. The van der Waals surface area contributed by atoms with E-state index in [1.807, 2.05) is 0 Å². The summed E-state index contributed by atoms with van der Waals surface area (Å²) >= 11 is 0. The summed E-state index contributed by atoms with van der Waals surface area (Å²) in [6, 6.07) is 5.98. The molecule has 4 atom stereocenters. The molecule has 8 heteroatoms. The van der Waals surface area contributed by atoms with Gasteiger partial charge in [-0.05, 0) is 49.4 Å². The molecular weight excluding hydrogens is 326 g/mol. The minimum Gasteiger partial charge on any atom is -0.460 e. The second-order valence-electron chi connectivity index (χ2n) is 6.82. The number of ether oxygens (including phenoxy) is 1. The SMILES string of the molecule is O=C(OCc1ccc([N+](=O)[O-])cc1)[C@@H]1C[C@@H](C[C@@H]2C[C@@H](O)CN2)CN1. The Balaban J connectivity index is 1.42. The van der Waals surface area contributed by atoms with Crippen LogP contribution in [0.5, 0.6) is 0 Å². The molecule has 2 aliphatic rings. The number of nitrogens with one attached hydrogen (secondary N) is 2. The highest BCUT2D eigenvalue weighted by Crippen LogP contribution is 2.24. The van der Waals surface area contributed by atoms with E-state index in [1.54, 1.807) is 12.1 Å². The standard InChI is InChI=1S/C17H23N3O5/c21-15-7-13(18-9-15)5-12-6-16(19-8-12)17(22)25-10-11-1-3-14(4-2-11)20(23)24/h1-4,12-13,15-16,18-19,21H,5-10H2/t12-,13-,15-,16+/m1/s1. The van der Waals surface area contributed by atoms with Crippen molar-refractivity contribution in [2.75, 3.05) is 13.1 Å². The van der Waals surface area contributed by atoms with Crippen LogP contribution < -0.4 is 10.6 Å². The van der Waals surface area contributed by atoms with Crippen molar-refractivity contribution < 1.29 is 19.6 Å². The van der Waals surface area contributed by atoms with Crippen molar-refractivity contribution in [2.45, 2.75) is 44.1 Å². The van der Waals surface area contributed by atoms with Gasteiger partial charge in [-0.25, -0.2) is 0 Å². The molecule has 1 aromatic carbocycles. The lowest BCUT2D eigenvalue weighted by Crippen LogP contribution is -2.32. The van der Waals surface area contributed by atoms with Gasteiger partial charge in [0.15, 0.2) is 0 Å². The Kier molecular flexibility index (Phi) is 5.62. The summed E-state index contributed by atoms with van der Waals surface area (Å²) in [6.07, 6.45) is 2.18. The molecule has 3 rings (SSSR count). The third-order valence-electron chi connectivity index (χ3n) is 4.85. The average Bonchev–Trinajstić information content (AvgIpc) is 3.22. The zero-order chi connectivity index (χ0) is 17.8. The first kappa shape index (κ1) is 17.8. The highest BCUT2D eigenvalue weighted by Gasteiger charge is 2.33. The maximum Gasteiger partial charge on any atom is 0.323 e. The molecule has 0 amide bonds. The van der Waals surface area contributed by atoms with Gasteiger partial charge in [-0.3, -0.25) is 14.9 Å². The molecule has 3 N–H and O–H groups in total. The highest BCUT2D eigenvalue weighted by molar-refractivity contribution is 5.76. The maximum atomic E-state index is 12.2. The van der Waals surface area contributed by atoms with Gasteiger partial charge in [0.2, 0.25) is 0 Å². The second kappa shape index (κ2) is 7.90. The van der Waals surface area contributed by atoms with Crippen molar-refractivity contribution in [2.24, 2.45) is 5.92 Å². The van der Waals surface area contributed by atoms with E-state index in [9.17, 15) is 20.0 Å². The minimum atomic E-state index is -0.462. The maximum absolute atomic E-state index is 12.2. The fourth-order valence-electron chi connectivity index (χ4n) is 3.52. The summed E-state index contributed by atoms with van der Waals surface area (Å²) in [6.45, 7) is 1.52. The topological polar surface area (TPSA) is 114 Å². The number of aliphatic hydroxyl groups is 1. The third kappa shape index (κ3) is 4.75. The summed E-state index contributed by atoms with van der Waals surface area (Å²) in [7, 11) is 0. The van der Waals surface area contributed by atoms with E-state index in [4.69, 9.17) is 4.74 Å². The number of aliphatic hydroxyl groups excluding tert-OH is 1. The number of hydrogen-bond donors (Lipinski definition) is 3. The first-order valence-electron chi connectivity index (χ1n) is 8.56. The van der Waals surface area contributed by atoms with Crippen LogP contribution in [0.15, 0.2) is 24.3 Å². The van der Waals surface area contributed by atoms with E-state index < -0.39 is 4.92 Å². The summed E-state index contributed by atoms with van der Waals surface area (Å²) < 4.78 is 5.32. The number of carbonyl (C=O) groups excluding carboxylic acids is 1. The first-order chi connectivity index (χ1) is 12.0. The second-order valence-corrected chi connectivity index (χ2v) is 6.82. The molecule has 0 unspecified atom stereocenters. The molecule has 0 aliphatic carbocycles. The normalized spacial score (nSPS) is 28.8. The van der Waals surface area contributed by atoms with Gasteiger partial charge in [0.05, 0.1) is 11.0 Å². The van der Waals surface area contributed by atoms with Gasteiger partial charge in [0, 0.05) is 24.7 Å². The lowest BCUT2D eigenvalue weighted by atomic mass is 9.96. The summed E-state index contributed by atoms with van der Waals surface area (Å²) in [5, 5.41) is 26.7. The van der Waals surface area contributed by atoms with Crippen LogP contribution in [0.1, 0.15) is 24.8 Å². The Morgan fingerprint density at radius 2 is 2.00 bits per heavy atom. The molecule has 1 aromatic rings. The number of non-ortho nitro benzene ring substituents is 1. The van der Waals surface area contributed by atoms with E-state index in [0.29, 0.717) is 18.5 Å². The summed E-state index contributed by atoms with van der Waals surface area (Å²) in [5.74, 6) is 0.0972.